The predicted octanol–water partition coefficient (Wildman–Crippen LogP) is 1.93. The van der Waals surface area contributed by atoms with Crippen LogP contribution in [-0.2, 0) is 19.1 Å². The van der Waals surface area contributed by atoms with Crippen LogP contribution in [0.25, 0.3) is 11.1 Å². The highest BCUT2D eigenvalue weighted by molar-refractivity contribution is 5.89. The molecule has 6 nitrogen and oxygen atoms in total. The molecular formula is C19H17NO5. The fraction of sp³-hybridized carbons (Fsp3) is 0.211. The molecule has 1 atom stereocenters. The van der Waals surface area contributed by atoms with Gasteiger partial charge >= 0.3 is 11.9 Å². The van der Waals surface area contributed by atoms with E-state index in [4.69, 9.17) is 0 Å². The second-order valence-electron chi connectivity index (χ2n) is 5.82. The van der Waals surface area contributed by atoms with Crippen LogP contribution in [0.15, 0.2) is 48.5 Å². The summed E-state index contributed by atoms with van der Waals surface area (Å²) in [5, 5.41) is 12.2. The summed E-state index contributed by atoms with van der Waals surface area (Å²) in [6.07, 6.45) is 0. The van der Waals surface area contributed by atoms with Gasteiger partial charge in [-0.1, -0.05) is 48.5 Å². The molecule has 0 bridgehead atoms. The minimum absolute atomic E-state index is 0.505. The highest BCUT2D eigenvalue weighted by atomic mass is 16.5. The monoisotopic (exact) mass is 339 g/mol. The standard InChI is InChI=1S/C19H17NO5/c1-11(21)25-10-16(22)20-18(19(23)24)17-14-8-4-2-6-12(14)13-7-3-5-9-15(13)17/h2-9,17-18H,10H2,1H3,(H,20,22)(H,23,24)/t18-/m0/s1. The third-order valence-corrected chi connectivity index (χ3v) is 4.20. The molecule has 0 heterocycles. The Morgan fingerprint density at radius 3 is 2.04 bits per heavy atom. The second-order valence-corrected chi connectivity index (χ2v) is 5.82. The number of hydrogen-bond acceptors (Lipinski definition) is 4. The zero-order chi connectivity index (χ0) is 18.0. The van der Waals surface area contributed by atoms with E-state index in [1.807, 2.05) is 48.5 Å². The average Bonchev–Trinajstić information content (AvgIpc) is 2.92. The Bertz CT molecular complexity index is 800. The van der Waals surface area contributed by atoms with Gasteiger partial charge in [0.2, 0.25) is 0 Å². The van der Waals surface area contributed by atoms with Gasteiger partial charge in [-0.05, 0) is 22.3 Å². The van der Waals surface area contributed by atoms with Crippen molar-refractivity contribution in [1.29, 1.82) is 0 Å². The van der Waals surface area contributed by atoms with Gasteiger partial charge in [0.25, 0.3) is 5.91 Å². The number of amides is 1. The molecule has 6 heteroatoms. The molecule has 0 fully saturated rings. The topological polar surface area (TPSA) is 92.7 Å². The van der Waals surface area contributed by atoms with Crippen LogP contribution in [0.1, 0.15) is 24.0 Å². The molecule has 0 unspecified atom stereocenters. The highest BCUT2D eigenvalue weighted by Crippen LogP contribution is 2.46. The number of aliphatic carboxylic acids is 1. The van der Waals surface area contributed by atoms with Gasteiger partial charge in [0, 0.05) is 12.8 Å². The van der Waals surface area contributed by atoms with Crippen molar-refractivity contribution in [2.45, 2.75) is 18.9 Å². The molecule has 2 N–H and O–H groups in total. The SMILES string of the molecule is CC(=O)OCC(=O)N[C@H](C(=O)O)C1c2ccccc2-c2ccccc21. The molecule has 0 saturated carbocycles. The Balaban J connectivity index is 1.95. The number of carboxylic acid groups (broad SMARTS) is 1. The van der Waals surface area contributed by atoms with E-state index in [0.717, 1.165) is 22.3 Å². The molecule has 0 saturated heterocycles. The summed E-state index contributed by atoms with van der Waals surface area (Å²) in [6, 6.07) is 13.9. The second kappa shape index (κ2) is 6.76. The molecular weight excluding hydrogens is 322 g/mol. The number of carbonyl (C=O) groups is 3. The number of benzene rings is 2. The molecule has 1 aliphatic rings. The number of carbonyl (C=O) groups excluding carboxylic acids is 2. The number of ether oxygens (including phenoxy) is 1. The lowest BCUT2D eigenvalue weighted by Crippen LogP contribution is -2.46. The van der Waals surface area contributed by atoms with Crippen LogP contribution >= 0.6 is 0 Å². The summed E-state index contributed by atoms with van der Waals surface area (Å²) >= 11 is 0. The number of nitrogens with one attached hydrogen (secondary N) is 1. The first-order valence-electron chi connectivity index (χ1n) is 7.83. The lowest BCUT2D eigenvalue weighted by molar-refractivity contribution is -0.148. The van der Waals surface area contributed by atoms with Crippen LogP contribution < -0.4 is 5.32 Å². The number of carboxylic acids is 1. The van der Waals surface area contributed by atoms with Gasteiger partial charge < -0.3 is 15.2 Å². The minimum Gasteiger partial charge on any atom is -0.480 e. The predicted molar refractivity (Wildman–Crippen MR) is 89.9 cm³/mol. The molecule has 2 aromatic rings. The van der Waals surface area contributed by atoms with E-state index < -0.39 is 36.4 Å². The summed E-state index contributed by atoms with van der Waals surface area (Å²) in [4.78, 5) is 34.7. The Morgan fingerprint density at radius 2 is 1.56 bits per heavy atom. The van der Waals surface area contributed by atoms with Crippen molar-refractivity contribution in [3.63, 3.8) is 0 Å². The number of fused-ring (bicyclic) bond motifs is 3. The molecule has 0 aliphatic heterocycles. The maximum absolute atomic E-state index is 12.0. The van der Waals surface area contributed by atoms with Crippen LogP contribution in [-0.4, -0.2) is 35.6 Å². The van der Waals surface area contributed by atoms with Crippen molar-refractivity contribution < 1.29 is 24.2 Å². The van der Waals surface area contributed by atoms with Gasteiger partial charge in [-0.2, -0.15) is 0 Å². The molecule has 2 aromatic carbocycles. The zero-order valence-corrected chi connectivity index (χ0v) is 13.6. The normalized spacial score (nSPS) is 13.5. The van der Waals surface area contributed by atoms with Crippen molar-refractivity contribution >= 4 is 17.8 Å². The molecule has 0 aromatic heterocycles. The van der Waals surface area contributed by atoms with Crippen LogP contribution in [0.3, 0.4) is 0 Å². The fourth-order valence-electron chi connectivity index (χ4n) is 3.22. The molecule has 25 heavy (non-hydrogen) atoms. The average molecular weight is 339 g/mol. The number of esters is 1. The first-order chi connectivity index (χ1) is 12.0. The van der Waals surface area contributed by atoms with Crippen molar-refractivity contribution in [1.82, 2.24) is 5.32 Å². The molecule has 128 valence electrons. The van der Waals surface area contributed by atoms with Gasteiger partial charge in [0.1, 0.15) is 6.04 Å². The fourth-order valence-corrected chi connectivity index (χ4v) is 3.22. The number of hydrogen-bond donors (Lipinski definition) is 2. The van der Waals surface area contributed by atoms with E-state index in [9.17, 15) is 19.5 Å². The third-order valence-electron chi connectivity index (χ3n) is 4.20. The summed E-state index contributed by atoms with van der Waals surface area (Å²) < 4.78 is 4.64. The smallest absolute Gasteiger partial charge is 0.327 e. The van der Waals surface area contributed by atoms with Crippen molar-refractivity contribution in [2.24, 2.45) is 0 Å². The van der Waals surface area contributed by atoms with E-state index in [1.54, 1.807) is 0 Å². The third kappa shape index (κ3) is 3.24. The molecule has 0 radical (unpaired) electrons. The number of rotatable bonds is 5. The van der Waals surface area contributed by atoms with Gasteiger partial charge in [0.15, 0.2) is 6.61 Å². The molecule has 1 amide bonds. The van der Waals surface area contributed by atoms with E-state index in [1.165, 1.54) is 6.92 Å². The van der Waals surface area contributed by atoms with Crippen molar-refractivity contribution in [3.8, 4) is 11.1 Å². The van der Waals surface area contributed by atoms with E-state index in [-0.39, 0.29) is 0 Å². The van der Waals surface area contributed by atoms with Gasteiger partial charge in [-0.3, -0.25) is 9.59 Å². The van der Waals surface area contributed by atoms with E-state index in [2.05, 4.69) is 10.1 Å². The Kier molecular flexibility index (Phi) is 4.52. The quantitative estimate of drug-likeness (QED) is 0.812. The van der Waals surface area contributed by atoms with Gasteiger partial charge in [-0.25, -0.2) is 4.79 Å². The largest absolute Gasteiger partial charge is 0.480 e. The van der Waals surface area contributed by atoms with Crippen LogP contribution in [0.5, 0.6) is 0 Å². The Labute approximate surface area is 144 Å². The Hall–Kier alpha value is -3.15. The van der Waals surface area contributed by atoms with Crippen LogP contribution in [0.4, 0.5) is 0 Å². The highest BCUT2D eigenvalue weighted by Gasteiger charge is 2.38. The first-order valence-corrected chi connectivity index (χ1v) is 7.83. The summed E-state index contributed by atoms with van der Waals surface area (Å²) in [7, 11) is 0. The van der Waals surface area contributed by atoms with Crippen LogP contribution in [0, 0.1) is 0 Å². The van der Waals surface area contributed by atoms with Gasteiger partial charge in [-0.15, -0.1) is 0 Å². The van der Waals surface area contributed by atoms with E-state index in [0.29, 0.717) is 0 Å². The molecule has 3 rings (SSSR count). The molecule has 0 spiro atoms. The van der Waals surface area contributed by atoms with Crippen LogP contribution in [0.2, 0.25) is 0 Å². The summed E-state index contributed by atoms with van der Waals surface area (Å²) in [5.41, 5.74) is 3.62. The maximum atomic E-state index is 12.0. The van der Waals surface area contributed by atoms with E-state index >= 15 is 0 Å². The van der Waals surface area contributed by atoms with Gasteiger partial charge in [0.05, 0.1) is 0 Å². The molecule has 1 aliphatic carbocycles. The van der Waals surface area contributed by atoms with Crippen molar-refractivity contribution in [2.75, 3.05) is 6.61 Å². The minimum atomic E-state index is -1.16. The van der Waals surface area contributed by atoms with Crippen molar-refractivity contribution in [3.05, 3.63) is 59.7 Å². The zero-order valence-electron chi connectivity index (χ0n) is 13.6. The summed E-state index contributed by atoms with van der Waals surface area (Å²) in [6.45, 7) is 0.681. The lowest BCUT2D eigenvalue weighted by atomic mass is 9.89. The lowest BCUT2D eigenvalue weighted by Gasteiger charge is -2.23. The maximum Gasteiger partial charge on any atom is 0.327 e. The Morgan fingerprint density at radius 1 is 1.04 bits per heavy atom. The first kappa shape index (κ1) is 16.7. The summed E-state index contributed by atoms with van der Waals surface area (Å²) in [5.74, 6) is -2.90.